The van der Waals surface area contributed by atoms with E-state index in [1.807, 2.05) is 6.07 Å². The number of aliphatic imine (C=N–C) groups is 1. The fourth-order valence-corrected chi connectivity index (χ4v) is 3.35. The largest absolute Gasteiger partial charge is 0.369 e. The van der Waals surface area contributed by atoms with Crippen molar-refractivity contribution in [3.63, 3.8) is 0 Å². The summed E-state index contributed by atoms with van der Waals surface area (Å²) in [4.78, 5) is 17.8. The average Bonchev–Trinajstić information content (AvgIpc) is 2.66. The molecule has 150 valence electrons. The Labute approximate surface area is 161 Å². The van der Waals surface area contributed by atoms with E-state index in [0.717, 1.165) is 69.8 Å². The lowest BCUT2D eigenvalue weighted by molar-refractivity contribution is -0.123. The number of guanidine groups is 1. The summed E-state index contributed by atoms with van der Waals surface area (Å²) in [5, 5.41) is 6.57. The molecule has 2 rings (SSSR count). The number of benzene rings is 1. The minimum absolute atomic E-state index is 0.0599. The highest BCUT2D eigenvalue weighted by molar-refractivity contribution is 5.79. The number of hydrogen-bond acceptors (Lipinski definition) is 3. The number of hydrogen-bond donors (Lipinski definition) is 3. The van der Waals surface area contributed by atoms with Gasteiger partial charge in [-0.3, -0.25) is 9.79 Å². The molecular weight excluding hydrogens is 345 g/mol. The van der Waals surface area contributed by atoms with Crippen LogP contribution in [0.25, 0.3) is 0 Å². The van der Waals surface area contributed by atoms with Crippen molar-refractivity contribution < 1.29 is 9.18 Å². The highest BCUT2D eigenvalue weighted by Crippen LogP contribution is 2.16. The van der Waals surface area contributed by atoms with E-state index in [-0.39, 0.29) is 17.6 Å². The van der Waals surface area contributed by atoms with Crippen molar-refractivity contribution in [1.29, 1.82) is 0 Å². The van der Waals surface area contributed by atoms with Gasteiger partial charge in [-0.2, -0.15) is 0 Å². The molecule has 1 fully saturated rings. The summed E-state index contributed by atoms with van der Waals surface area (Å²) in [5.41, 5.74) is 6.34. The number of nitrogens with one attached hydrogen (secondary N) is 2. The SMILES string of the molecule is CN=C(NCCCCN1CCC(C(N)=O)CC1)NCCc1cccc(F)c1. The molecule has 1 aromatic carbocycles. The Balaban J connectivity index is 1.53. The zero-order valence-corrected chi connectivity index (χ0v) is 16.2. The van der Waals surface area contributed by atoms with Crippen molar-refractivity contribution in [3.05, 3.63) is 35.6 Å². The maximum atomic E-state index is 13.2. The van der Waals surface area contributed by atoms with Gasteiger partial charge in [0.05, 0.1) is 0 Å². The van der Waals surface area contributed by atoms with Gasteiger partial charge in [0.2, 0.25) is 5.91 Å². The minimum Gasteiger partial charge on any atom is -0.369 e. The van der Waals surface area contributed by atoms with Gasteiger partial charge in [-0.25, -0.2) is 4.39 Å². The van der Waals surface area contributed by atoms with E-state index < -0.39 is 0 Å². The lowest BCUT2D eigenvalue weighted by Crippen LogP contribution is -2.40. The van der Waals surface area contributed by atoms with Crippen molar-refractivity contribution in [2.24, 2.45) is 16.6 Å². The van der Waals surface area contributed by atoms with Crippen LogP contribution in [0.4, 0.5) is 4.39 Å². The van der Waals surface area contributed by atoms with E-state index in [0.29, 0.717) is 6.54 Å². The van der Waals surface area contributed by atoms with Crippen LogP contribution in [0, 0.1) is 11.7 Å². The number of amides is 1. The second-order valence-corrected chi connectivity index (χ2v) is 7.03. The molecule has 1 amide bonds. The maximum absolute atomic E-state index is 13.2. The summed E-state index contributed by atoms with van der Waals surface area (Å²) < 4.78 is 13.2. The lowest BCUT2D eigenvalue weighted by Gasteiger charge is -2.30. The Kier molecular flexibility index (Phi) is 9.04. The first kappa shape index (κ1) is 21.2. The van der Waals surface area contributed by atoms with Crippen molar-refractivity contribution in [2.75, 3.05) is 39.8 Å². The van der Waals surface area contributed by atoms with Gasteiger partial charge in [0, 0.05) is 26.1 Å². The van der Waals surface area contributed by atoms with Gasteiger partial charge in [0.1, 0.15) is 5.82 Å². The summed E-state index contributed by atoms with van der Waals surface area (Å²) >= 11 is 0. The molecule has 1 aliphatic rings. The second kappa shape index (κ2) is 11.5. The zero-order chi connectivity index (χ0) is 19.5. The van der Waals surface area contributed by atoms with Crippen LogP contribution in [0.15, 0.2) is 29.3 Å². The zero-order valence-electron chi connectivity index (χ0n) is 16.2. The van der Waals surface area contributed by atoms with E-state index in [9.17, 15) is 9.18 Å². The highest BCUT2D eigenvalue weighted by atomic mass is 19.1. The number of rotatable bonds is 9. The first-order valence-electron chi connectivity index (χ1n) is 9.79. The molecule has 0 aliphatic carbocycles. The summed E-state index contributed by atoms with van der Waals surface area (Å²) in [6, 6.07) is 6.67. The van der Waals surface area contributed by atoms with Crippen LogP contribution in [0.5, 0.6) is 0 Å². The van der Waals surface area contributed by atoms with E-state index in [1.54, 1.807) is 19.2 Å². The number of unbranched alkanes of at least 4 members (excludes halogenated alkanes) is 1. The first-order chi connectivity index (χ1) is 13.1. The smallest absolute Gasteiger partial charge is 0.220 e. The monoisotopic (exact) mass is 377 g/mol. The van der Waals surface area contributed by atoms with Gasteiger partial charge in [0.15, 0.2) is 5.96 Å². The number of halogens is 1. The maximum Gasteiger partial charge on any atom is 0.220 e. The lowest BCUT2D eigenvalue weighted by atomic mass is 9.96. The molecule has 0 saturated carbocycles. The number of carbonyl (C=O) groups is 1. The molecule has 27 heavy (non-hydrogen) atoms. The Morgan fingerprint density at radius 2 is 2.00 bits per heavy atom. The van der Waals surface area contributed by atoms with E-state index >= 15 is 0 Å². The number of primary amides is 1. The third-order valence-electron chi connectivity index (χ3n) is 5.00. The van der Waals surface area contributed by atoms with E-state index in [4.69, 9.17) is 5.73 Å². The van der Waals surface area contributed by atoms with Crippen molar-refractivity contribution in [2.45, 2.75) is 32.1 Å². The van der Waals surface area contributed by atoms with Crippen molar-refractivity contribution in [1.82, 2.24) is 15.5 Å². The van der Waals surface area contributed by atoms with Crippen molar-refractivity contribution >= 4 is 11.9 Å². The molecular formula is C20H32FN5O. The molecule has 0 radical (unpaired) electrons. The summed E-state index contributed by atoms with van der Waals surface area (Å²) in [6.45, 7) is 4.54. The second-order valence-electron chi connectivity index (χ2n) is 7.03. The molecule has 1 heterocycles. The molecule has 0 aromatic heterocycles. The van der Waals surface area contributed by atoms with Gasteiger partial charge in [-0.1, -0.05) is 12.1 Å². The molecule has 1 aromatic rings. The molecule has 1 saturated heterocycles. The van der Waals surface area contributed by atoms with Crippen LogP contribution in [-0.4, -0.2) is 56.5 Å². The van der Waals surface area contributed by atoms with Crippen LogP contribution < -0.4 is 16.4 Å². The summed E-state index contributed by atoms with van der Waals surface area (Å²) in [6.07, 6.45) is 4.68. The molecule has 0 unspecified atom stereocenters. The molecule has 0 bridgehead atoms. The normalized spacial score (nSPS) is 16.3. The average molecular weight is 378 g/mol. The predicted octanol–water partition coefficient (Wildman–Crippen LogP) is 1.51. The standard InChI is InChI=1S/C20H32FN5O/c1-23-20(25-11-7-16-5-4-6-18(21)15-16)24-10-2-3-12-26-13-8-17(9-14-26)19(22)27/h4-6,15,17H,2-3,7-14H2,1H3,(H2,22,27)(H2,23,24,25). The van der Waals surface area contributed by atoms with Gasteiger partial charge >= 0.3 is 0 Å². The van der Waals surface area contributed by atoms with Crippen LogP contribution >= 0.6 is 0 Å². The van der Waals surface area contributed by atoms with Gasteiger partial charge < -0.3 is 21.3 Å². The summed E-state index contributed by atoms with van der Waals surface area (Å²) in [5.74, 6) is 0.474. The molecule has 1 aliphatic heterocycles. The summed E-state index contributed by atoms with van der Waals surface area (Å²) in [7, 11) is 1.75. The fourth-order valence-electron chi connectivity index (χ4n) is 3.35. The van der Waals surface area contributed by atoms with Crippen molar-refractivity contribution in [3.8, 4) is 0 Å². The van der Waals surface area contributed by atoms with E-state index in [2.05, 4.69) is 20.5 Å². The Hall–Kier alpha value is -2.15. The van der Waals surface area contributed by atoms with Gasteiger partial charge in [-0.15, -0.1) is 0 Å². The molecule has 0 atom stereocenters. The fraction of sp³-hybridized carbons (Fsp3) is 0.600. The topological polar surface area (TPSA) is 82.8 Å². The minimum atomic E-state index is -0.200. The van der Waals surface area contributed by atoms with Crippen LogP contribution in [0.2, 0.25) is 0 Å². The highest BCUT2D eigenvalue weighted by Gasteiger charge is 2.22. The van der Waals surface area contributed by atoms with Crippen LogP contribution in [-0.2, 0) is 11.2 Å². The number of likely N-dealkylation sites (tertiary alicyclic amines) is 1. The molecule has 4 N–H and O–H groups in total. The predicted molar refractivity (Wildman–Crippen MR) is 107 cm³/mol. The Bertz CT molecular complexity index is 614. The number of carbonyl (C=O) groups excluding carboxylic acids is 1. The van der Waals surface area contributed by atoms with Crippen LogP contribution in [0.3, 0.4) is 0 Å². The third-order valence-corrected chi connectivity index (χ3v) is 5.00. The van der Waals surface area contributed by atoms with Gasteiger partial charge in [0.25, 0.3) is 0 Å². The van der Waals surface area contributed by atoms with Gasteiger partial charge in [-0.05, 0) is 69.4 Å². The number of piperidine rings is 1. The van der Waals surface area contributed by atoms with E-state index in [1.165, 1.54) is 6.07 Å². The Morgan fingerprint density at radius 3 is 2.67 bits per heavy atom. The molecule has 0 spiro atoms. The number of nitrogens with two attached hydrogens (primary N) is 1. The number of nitrogens with zero attached hydrogens (tertiary/aromatic N) is 2. The Morgan fingerprint density at radius 1 is 1.26 bits per heavy atom. The third kappa shape index (κ3) is 7.95. The molecule has 6 nitrogen and oxygen atoms in total. The first-order valence-corrected chi connectivity index (χ1v) is 9.79. The quantitative estimate of drug-likeness (QED) is 0.346. The van der Waals surface area contributed by atoms with Crippen LogP contribution in [0.1, 0.15) is 31.2 Å². The molecule has 7 heteroatoms.